The Bertz CT molecular complexity index is 6780. The number of nitro groups is 1. The summed E-state index contributed by atoms with van der Waals surface area (Å²) < 4.78 is 38.5. The average Bonchev–Trinajstić information content (AvgIpc) is 1.62. The van der Waals surface area contributed by atoms with Crippen LogP contribution in [0.3, 0.4) is 0 Å². The van der Waals surface area contributed by atoms with Crippen LogP contribution in [0.1, 0.15) is 68.5 Å². The predicted molar refractivity (Wildman–Crippen MR) is 512 cm³/mol. The van der Waals surface area contributed by atoms with Crippen molar-refractivity contribution in [1.29, 1.82) is 0 Å². The van der Waals surface area contributed by atoms with E-state index in [4.69, 9.17) is 23.7 Å². The van der Waals surface area contributed by atoms with Gasteiger partial charge < -0.3 is 15.9 Å². The maximum absolute atomic E-state index is 12.2. The highest BCUT2D eigenvalue weighted by Gasteiger charge is 2.28. The second kappa shape index (κ2) is 38.5. The molecule has 0 aliphatic carbocycles. The third-order valence-corrected chi connectivity index (χ3v) is 27.2. The molecule has 4 N–H and O–H groups in total. The molecule has 14 aromatic carbocycles. The number of hydrogen-bond donors (Lipinski definition) is 3. The second-order valence-electron chi connectivity index (χ2n) is 26.9. The number of non-ortho nitro benzene ring substituents is 1. The Morgan fingerprint density at radius 1 is 0.362 bits per heavy atom. The number of nitrogen functional groups attached to an aromatic ring is 1. The molecule has 2 aliphatic heterocycles. The summed E-state index contributed by atoms with van der Waals surface area (Å²) in [7, 11) is -2.28. The monoisotopic (exact) mass is 1710 g/mol. The first-order chi connectivity index (χ1) is 54.2. The molecule has 5 aromatic heterocycles. The summed E-state index contributed by atoms with van der Waals surface area (Å²) in [5.41, 5.74) is 10.5. The van der Waals surface area contributed by atoms with E-state index in [-0.39, 0.29) is 35.4 Å². The number of terminal acetylenes is 2. The summed E-state index contributed by atoms with van der Waals surface area (Å²) in [6.07, 6.45) is 10.2. The molecule has 8 nitrogen and oxygen atoms in total. The van der Waals surface area contributed by atoms with Crippen LogP contribution in [-0.2, 0) is 21.6 Å². The van der Waals surface area contributed by atoms with Gasteiger partial charge in [-0.1, -0.05) is 257 Å². The Morgan fingerprint density at radius 3 is 1.03 bits per heavy atom. The van der Waals surface area contributed by atoms with Crippen LogP contribution in [0.5, 0.6) is 0 Å². The molecule has 0 amide bonds. The molecule has 0 saturated carbocycles. The van der Waals surface area contributed by atoms with E-state index < -0.39 is 37.7 Å². The SMILES string of the molecule is Brc1ccc2c(c1)sc1ccccc12.C.C.C.C.C#CC(C)(C)O.C#Cc1ccc2c(c1)sc1ccccc12.CC(C)(O)C#Cc1ccc2c(c1)sc1ccccc12.Nc1ccc2c(c1)sc1ccccc12.O=S1c2ccccc2-c2ccccc21.O=[N+]([O-])c1ccc2c(c1)S(=O)c1ccccc1-2.c1ccc2c(c1)sc1ccccc12. The zero-order valence-corrected chi connectivity index (χ0v) is 68.2. The zero-order chi connectivity index (χ0) is 78.2. The van der Waals surface area contributed by atoms with Crippen LogP contribution < -0.4 is 5.73 Å². The molecule has 7 heterocycles. The van der Waals surface area contributed by atoms with Gasteiger partial charge in [0.15, 0.2) is 0 Å². The van der Waals surface area contributed by atoms with E-state index >= 15 is 0 Å². The van der Waals surface area contributed by atoms with E-state index in [1.165, 1.54) is 113 Å². The number of halogens is 1. The van der Waals surface area contributed by atoms with Crippen molar-refractivity contribution in [3.63, 3.8) is 0 Å². The molecule has 0 radical (unpaired) electrons. The van der Waals surface area contributed by atoms with Crippen LogP contribution in [0, 0.1) is 46.6 Å². The van der Waals surface area contributed by atoms with Crippen LogP contribution in [0.4, 0.5) is 11.4 Å². The largest absolute Gasteiger partial charge is 0.399 e. The van der Waals surface area contributed by atoms with Crippen molar-refractivity contribution in [1.82, 2.24) is 0 Å². The molecule has 0 bridgehead atoms. The van der Waals surface area contributed by atoms with Gasteiger partial charge in [-0.2, -0.15) is 0 Å². The number of anilines is 1. The van der Waals surface area contributed by atoms with Gasteiger partial charge in [0.2, 0.25) is 0 Å². The van der Waals surface area contributed by atoms with Crippen LogP contribution in [0.25, 0.3) is 123 Å². The summed E-state index contributed by atoms with van der Waals surface area (Å²) in [5.74, 6) is 10.7. The topological polar surface area (TPSA) is 144 Å². The van der Waals surface area contributed by atoms with Crippen molar-refractivity contribution < 1.29 is 23.6 Å². The quantitative estimate of drug-likeness (QED) is 0.0642. The molecule has 1 atom stereocenters. The number of nitrogens with zero attached hydrogens (tertiary/aromatic N) is 1. The highest BCUT2D eigenvalue weighted by molar-refractivity contribution is 9.10. The first kappa shape index (κ1) is 87.2. The number of benzene rings is 14. The minimum Gasteiger partial charge on any atom is -0.399 e. The Hall–Kier alpha value is -11.2. The lowest BCUT2D eigenvalue weighted by Crippen LogP contribution is -2.14. The molecule has 0 fully saturated rings. The van der Waals surface area contributed by atoms with E-state index in [0.29, 0.717) is 4.90 Å². The van der Waals surface area contributed by atoms with Crippen molar-refractivity contribution in [3.8, 4) is 58.8 Å². The summed E-state index contributed by atoms with van der Waals surface area (Å²) in [6, 6.07) is 104. The molecule has 2 aliphatic rings. The van der Waals surface area contributed by atoms with E-state index in [1.807, 2.05) is 114 Å². The van der Waals surface area contributed by atoms with Crippen LogP contribution >= 0.6 is 72.6 Å². The fraction of sp³-hybridized carbons (Fsp3) is 0.100. The van der Waals surface area contributed by atoms with Gasteiger partial charge >= 0.3 is 0 Å². The Kier molecular flexibility index (Phi) is 28.9. The molecule has 580 valence electrons. The smallest absolute Gasteiger partial charge is 0.270 e. The lowest BCUT2D eigenvalue weighted by molar-refractivity contribution is -0.385. The number of thiophene rings is 5. The maximum Gasteiger partial charge on any atom is 0.270 e. The van der Waals surface area contributed by atoms with Gasteiger partial charge in [-0.05, 0) is 159 Å². The van der Waals surface area contributed by atoms with Crippen molar-refractivity contribution in [3.05, 3.63) is 335 Å². The van der Waals surface area contributed by atoms with Crippen molar-refractivity contribution in [2.45, 2.75) is 88.2 Å². The van der Waals surface area contributed by atoms with Crippen molar-refractivity contribution >= 4 is 206 Å². The normalized spacial score (nSPS) is 11.8. The predicted octanol–water partition coefficient (Wildman–Crippen LogP) is 29.2. The molecule has 0 saturated heterocycles. The molecule has 19 aromatic rings. The van der Waals surface area contributed by atoms with E-state index in [0.717, 1.165) is 58.2 Å². The zero-order valence-electron chi connectivity index (χ0n) is 60.9. The van der Waals surface area contributed by atoms with E-state index in [9.17, 15) is 23.6 Å². The van der Waals surface area contributed by atoms with Gasteiger partial charge in [-0.15, -0.1) is 69.5 Å². The summed E-state index contributed by atoms with van der Waals surface area (Å²) in [5, 5.41) is 42.2. The molecule has 16 heteroatoms. The fourth-order valence-corrected chi connectivity index (χ4v) is 21.8. The van der Waals surface area contributed by atoms with Gasteiger partial charge in [0, 0.05) is 134 Å². The van der Waals surface area contributed by atoms with E-state index in [2.05, 4.69) is 234 Å². The van der Waals surface area contributed by atoms with Gasteiger partial charge in [0.25, 0.3) is 5.69 Å². The number of hydrogen-bond acceptors (Lipinski definition) is 12. The molecule has 1 unspecified atom stereocenters. The van der Waals surface area contributed by atoms with Crippen molar-refractivity contribution in [2.75, 3.05) is 5.73 Å². The standard InChI is InChI=1S/C17H14OS.C14H8S.C12H7BrS.C12H7NO3S.C12H9NS.C12H8OS.C12H8S.C5H8O.4CH4/c1-17(2,18)10-9-12-7-8-14-13-5-3-4-6-15(13)19-16(14)11-12;1-2-10-7-8-12-11-5-3-4-6-13(11)15-14(12)9-10;13-8-5-6-10-9-3-1-2-4-11(9)14-12(10)7-8;14-13(15)8-5-6-10-9-3-1-2-4-11(9)17(16)12(10)7-8;13-8-5-6-10-9-3-1-2-4-11(9)14-12(10)7-8;13-14-11-7-3-1-5-9(11)10-6-2-4-8-12(10)14;1-3-7-11-9(5-1)10-6-2-4-8-12(10)13-11;1-4-5(2,3)6;;;;/h3-8,11,18H,1-2H3;1,3-9H;1-7H;1-7H;1-7H,13H2;1-8H;1-8H;1,6H,2-3H3;4*1H4. The van der Waals surface area contributed by atoms with Crippen LogP contribution in [0.2, 0.25) is 0 Å². The van der Waals surface area contributed by atoms with Gasteiger partial charge in [-0.3, -0.25) is 10.1 Å². The average molecular weight is 1720 g/mol. The number of nitro benzene ring substituents is 1. The first-order valence-electron chi connectivity index (χ1n) is 35.4. The summed E-state index contributed by atoms with van der Waals surface area (Å²) >= 11 is 12.6. The van der Waals surface area contributed by atoms with Gasteiger partial charge in [-0.25, -0.2) is 8.42 Å². The Morgan fingerprint density at radius 2 is 0.655 bits per heavy atom. The molecular weight excluding hydrogens is 1630 g/mol. The van der Waals surface area contributed by atoms with Gasteiger partial charge in [0.05, 0.1) is 46.1 Å². The minimum absolute atomic E-state index is 0. The molecule has 21 rings (SSSR count). The number of nitrogens with two attached hydrogens (primary N) is 1. The molecule has 116 heavy (non-hydrogen) atoms. The third kappa shape index (κ3) is 19.8. The lowest BCUT2D eigenvalue weighted by Gasteiger charge is -2.05. The number of rotatable bonds is 1. The molecule has 0 spiro atoms. The van der Waals surface area contributed by atoms with Crippen LogP contribution in [0.15, 0.2) is 333 Å². The third-order valence-electron chi connectivity index (χ3n) is 18.0. The van der Waals surface area contributed by atoms with Gasteiger partial charge in [0.1, 0.15) is 11.2 Å². The lowest BCUT2D eigenvalue weighted by atomic mass is 10.1. The summed E-state index contributed by atoms with van der Waals surface area (Å²) in [4.78, 5) is 13.3. The Balaban J connectivity index is 0.000000141. The maximum atomic E-state index is 12.2. The number of aliphatic hydroxyl groups is 2. The fourth-order valence-electron chi connectivity index (χ4n) is 12.8. The Labute approximate surface area is 711 Å². The number of fused-ring (bicyclic) bond motifs is 21. The highest BCUT2D eigenvalue weighted by atomic mass is 79.9. The minimum atomic E-state index is -1.30. The summed E-state index contributed by atoms with van der Waals surface area (Å²) in [6.45, 7) is 6.51. The van der Waals surface area contributed by atoms with E-state index in [1.54, 1.807) is 73.8 Å². The highest BCUT2D eigenvalue weighted by Crippen LogP contribution is 2.44. The second-order valence-corrected chi connectivity index (χ2v) is 36.1. The molecular formula is C100H85BrN2O6S7. The first-order valence-corrected chi connectivity index (χ1v) is 42.6. The van der Waals surface area contributed by atoms with Crippen molar-refractivity contribution in [2.24, 2.45) is 0 Å². The van der Waals surface area contributed by atoms with Crippen LogP contribution in [-0.4, -0.2) is 34.8 Å².